The largest absolute Gasteiger partial charge is 0.491 e. The number of hydrogen-bond donors (Lipinski definition) is 2. The summed E-state index contributed by atoms with van der Waals surface area (Å²) in [6, 6.07) is 20.2. The molecule has 2 N–H and O–H groups in total. The van der Waals surface area contributed by atoms with E-state index >= 15 is 0 Å². The number of carbonyl (C=O) groups excluding carboxylic acids is 1. The molecule has 150 valence electrons. The molecule has 6 heteroatoms. The monoisotopic (exact) mass is 410 g/mol. The molecular weight excluding hydrogens is 388 g/mol. The molecule has 0 atom stereocenters. The summed E-state index contributed by atoms with van der Waals surface area (Å²) in [6.45, 7) is 2.93. The molecule has 29 heavy (non-hydrogen) atoms. The van der Waals surface area contributed by atoms with Crippen molar-refractivity contribution in [3.05, 3.63) is 82.9 Å². The van der Waals surface area contributed by atoms with Gasteiger partial charge >= 0.3 is 0 Å². The van der Waals surface area contributed by atoms with Crippen LogP contribution in [0.3, 0.4) is 0 Å². The first kappa shape index (κ1) is 20.7. The quantitative estimate of drug-likeness (QED) is 0.470. The van der Waals surface area contributed by atoms with Crippen LogP contribution in [0.4, 0.5) is 17.1 Å². The summed E-state index contributed by atoms with van der Waals surface area (Å²) in [5.41, 5.74) is 3.70. The highest BCUT2D eigenvalue weighted by atomic mass is 35.5. The van der Waals surface area contributed by atoms with Crippen LogP contribution in [0.25, 0.3) is 0 Å². The third kappa shape index (κ3) is 5.50. The molecule has 0 heterocycles. The maximum absolute atomic E-state index is 12.8. The molecule has 0 saturated carbocycles. The van der Waals surface area contributed by atoms with Crippen LogP contribution in [0.1, 0.15) is 15.9 Å². The van der Waals surface area contributed by atoms with Gasteiger partial charge in [-0.25, -0.2) is 0 Å². The van der Waals surface area contributed by atoms with Gasteiger partial charge in [-0.05, 0) is 61.0 Å². The lowest BCUT2D eigenvalue weighted by Gasteiger charge is -2.15. The molecule has 3 aromatic rings. The van der Waals surface area contributed by atoms with Gasteiger partial charge in [-0.2, -0.15) is 0 Å². The average molecular weight is 411 g/mol. The van der Waals surface area contributed by atoms with Crippen molar-refractivity contribution in [1.29, 1.82) is 0 Å². The van der Waals surface area contributed by atoms with Gasteiger partial charge in [0.15, 0.2) is 0 Å². The van der Waals surface area contributed by atoms with Crippen LogP contribution in [-0.2, 0) is 4.74 Å². The summed E-state index contributed by atoms with van der Waals surface area (Å²) < 4.78 is 10.5. The fourth-order valence-electron chi connectivity index (χ4n) is 2.75. The minimum absolute atomic E-state index is 0.208. The molecule has 0 fully saturated rings. The van der Waals surface area contributed by atoms with Crippen molar-refractivity contribution >= 4 is 34.6 Å². The third-order valence-electron chi connectivity index (χ3n) is 4.38. The molecule has 3 aromatic carbocycles. The lowest BCUT2D eigenvalue weighted by atomic mass is 10.1. The van der Waals surface area contributed by atoms with Crippen molar-refractivity contribution in [2.24, 2.45) is 0 Å². The molecule has 0 saturated heterocycles. The molecule has 0 radical (unpaired) electrons. The predicted molar refractivity (Wildman–Crippen MR) is 118 cm³/mol. The van der Waals surface area contributed by atoms with Crippen molar-refractivity contribution in [3.63, 3.8) is 0 Å². The van der Waals surface area contributed by atoms with Gasteiger partial charge in [-0.15, -0.1) is 0 Å². The Morgan fingerprint density at radius 2 is 1.66 bits per heavy atom. The molecule has 0 aliphatic rings. The minimum Gasteiger partial charge on any atom is -0.491 e. The van der Waals surface area contributed by atoms with Gasteiger partial charge in [0, 0.05) is 23.5 Å². The highest BCUT2D eigenvalue weighted by Gasteiger charge is 2.13. The summed E-state index contributed by atoms with van der Waals surface area (Å²) in [6.07, 6.45) is 0. The number of nitrogens with one attached hydrogen (secondary N) is 2. The molecule has 0 aliphatic heterocycles. The first-order valence-electron chi connectivity index (χ1n) is 9.23. The molecule has 0 bridgehead atoms. The molecule has 0 unspecified atom stereocenters. The third-order valence-corrected chi connectivity index (χ3v) is 4.79. The average Bonchev–Trinajstić information content (AvgIpc) is 2.73. The van der Waals surface area contributed by atoms with Gasteiger partial charge in [0.2, 0.25) is 0 Å². The Bertz CT molecular complexity index is 974. The van der Waals surface area contributed by atoms with E-state index in [1.807, 2.05) is 55.5 Å². The van der Waals surface area contributed by atoms with Crippen molar-refractivity contribution in [2.45, 2.75) is 6.92 Å². The lowest BCUT2D eigenvalue weighted by Crippen LogP contribution is -2.14. The number of methoxy groups -OCH3 is 1. The van der Waals surface area contributed by atoms with Crippen LogP contribution in [0.15, 0.2) is 66.7 Å². The Hall–Kier alpha value is -3.02. The van der Waals surface area contributed by atoms with E-state index in [0.717, 1.165) is 17.0 Å². The number of amides is 1. The molecule has 0 spiro atoms. The number of rotatable bonds is 8. The van der Waals surface area contributed by atoms with Crippen LogP contribution in [0, 0.1) is 6.92 Å². The molecule has 1 amide bonds. The molecule has 0 aliphatic carbocycles. The second-order valence-corrected chi connectivity index (χ2v) is 6.81. The number of halogens is 1. The summed E-state index contributed by atoms with van der Waals surface area (Å²) in [5, 5.41) is 6.90. The highest BCUT2D eigenvalue weighted by molar-refractivity contribution is 6.31. The topological polar surface area (TPSA) is 59.6 Å². The second-order valence-electron chi connectivity index (χ2n) is 6.40. The fraction of sp³-hybridized carbons (Fsp3) is 0.174. The Balaban J connectivity index is 1.72. The maximum Gasteiger partial charge on any atom is 0.257 e. The minimum atomic E-state index is -0.208. The SMILES string of the molecule is COCCOc1ccc(NC(=O)c2ccccc2Nc2cccc(Cl)c2C)cc1. The van der Waals surface area contributed by atoms with E-state index in [-0.39, 0.29) is 5.91 Å². The smallest absolute Gasteiger partial charge is 0.257 e. The van der Waals surface area contributed by atoms with Crippen LogP contribution in [0.2, 0.25) is 5.02 Å². The summed E-state index contributed by atoms with van der Waals surface area (Å²) >= 11 is 6.21. The second kappa shape index (κ2) is 9.96. The van der Waals surface area contributed by atoms with Crippen molar-refractivity contribution < 1.29 is 14.3 Å². The summed E-state index contributed by atoms with van der Waals surface area (Å²) in [7, 11) is 1.63. The van der Waals surface area contributed by atoms with Gasteiger partial charge in [-0.1, -0.05) is 29.8 Å². The zero-order valence-corrected chi connectivity index (χ0v) is 17.1. The zero-order valence-electron chi connectivity index (χ0n) is 16.4. The van der Waals surface area contributed by atoms with E-state index in [2.05, 4.69) is 10.6 Å². The maximum atomic E-state index is 12.8. The fourth-order valence-corrected chi connectivity index (χ4v) is 2.93. The predicted octanol–water partition coefficient (Wildman–Crippen LogP) is 5.67. The summed E-state index contributed by atoms with van der Waals surface area (Å²) in [5.74, 6) is 0.513. The molecule has 5 nitrogen and oxygen atoms in total. The Morgan fingerprint density at radius 1 is 0.931 bits per heavy atom. The molecular formula is C23H23ClN2O3. The number of ether oxygens (including phenoxy) is 2. The van der Waals surface area contributed by atoms with Gasteiger partial charge in [0.1, 0.15) is 12.4 Å². The molecule has 0 aromatic heterocycles. The number of benzene rings is 3. The Labute approximate surface area is 175 Å². The van der Waals surface area contributed by atoms with E-state index in [1.54, 1.807) is 25.3 Å². The van der Waals surface area contributed by atoms with Gasteiger partial charge in [-0.3, -0.25) is 4.79 Å². The van der Waals surface area contributed by atoms with Crippen LogP contribution >= 0.6 is 11.6 Å². The number of carbonyl (C=O) groups is 1. The van der Waals surface area contributed by atoms with E-state index in [0.29, 0.717) is 35.2 Å². The standard InChI is InChI=1S/C23H23ClN2O3/c1-16-20(24)7-5-9-21(16)26-22-8-4-3-6-19(22)23(27)25-17-10-12-18(13-11-17)29-15-14-28-2/h3-13,26H,14-15H2,1-2H3,(H,25,27). The van der Waals surface area contributed by atoms with Crippen molar-refractivity contribution in [3.8, 4) is 5.75 Å². The molecule has 3 rings (SSSR count). The van der Waals surface area contributed by atoms with E-state index in [4.69, 9.17) is 21.1 Å². The van der Waals surface area contributed by atoms with Gasteiger partial charge in [0.05, 0.1) is 17.9 Å². The number of para-hydroxylation sites is 1. The first-order valence-corrected chi connectivity index (χ1v) is 9.60. The van der Waals surface area contributed by atoms with Crippen LogP contribution in [0.5, 0.6) is 5.75 Å². The normalized spacial score (nSPS) is 10.4. The first-order chi connectivity index (χ1) is 14.1. The number of anilines is 3. The zero-order chi connectivity index (χ0) is 20.6. The highest BCUT2D eigenvalue weighted by Crippen LogP contribution is 2.28. The Morgan fingerprint density at radius 3 is 2.41 bits per heavy atom. The van der Waals surface area contributed by atoms with Crippen LogP contribution < -0.4 is 15.4 Å². The van der Waals surface area contributed by atoms with E-state index in [9.17, 15) is 4.79 Å². The van der Waals surface area contributed by atoms with Crippen molar-refractivity contribution in [2.75, 3.05) is 31.0 Å². The van der Waals surface area contributed by atoms with E-state index in [1.165, 1.54) is 0 Å². The lowest BCUT2D eigenvalue weighted by molar-refractivity contribution is 0.102. The summed E-state index contributed by atoms with van der Waals surface area (Å²) in [4.78, 5) is 12.8. The number of hydrogen-bond acceptors (Lipinski definition) is 4. The van der Waals surface area contributed by atoms with Gasteiger partial charge < -0.3 is 20.1 Å². The van der Waals surface area contributed by atoms with Gasteiger partial charge in [0.25, 0.3) is 5.91 Å². The van der Waals surface area contributed by atoms with Crippen LogP contribution in [-0.4, -0.2) is 26.2 Å². The van der Waals surface area contributed by atoms with Crippen molar-refractivity contribution in [1.82, 2.24) is 0 Å². The van der Waals surface area contributed by atoms with E-state index < -0.39 is 0 Å². The Kier molecular flexibility index (Phi) is 7.11.